The number of aryl methyl sites for hydroxylation is 1. The van der Waals surface area contributed by atoms with E-state index in [4.69, 9.17) is 0 Å². The van der Waals surface area contributed by atoms with Crippen molar-refractivity contribution in [3.05, 3.63) is 29.8 Å². The highest BCUT2D eigenvalue weighted by Crippen LogP contribution is 2.11. The third kappa shape index (κ3) is 6.21. The highest BCUT2D eigenvalue weighted by atomic mass is 32.2. The molecule has 0 saturated carbocycles. The molecule has 1 rings (SSSR count). The molecule has 0 fully saturated rings. The molecule has 19 heavy (non-hydrogen) atoms. The number of unbranched alkanes of at least 4 members (excludes halogenated alkanes) is 3. The van der Waals surface area contributed by atoms with Crippen LogP contribution in [-0.4, -0.2) is 27.3 Å². The zero-order chi connectivity index (χ0) is 14.1. The van der Waals surface area contributed by atoms with Gasteiger partial charge >= 0.3 is 0 Å². The molecule has 0 saturated heterocycles. The smallest absolute Gasteiger partial charge is 0.179 e. The molecule has 0 radical (unpaired) electrons. The van der Waals surface area contributed by atoms with Gasteiger partial charge in [-0.2, -0.15) is 0 Å². The lowest BCUT2D eigenvalue weighted by Gasteiger charge is -2.06. The minimum absolute atomic E-state index is 0.170. The summed E-state index contributed by atoms with van der Waals surface area (Å²) in [6.45, 7) is 5.57. The molecule has 0 aliphatic rings. The van der Waals surface area contributed by atoms with E-state index in [1.54, 1.807) is 12.1 Å². The van der Waals surface area contributed by atoms with E-state index in [2.05, 4.69) is 12.2 Å². The summed E-state index contributed by atoms with van der Waals surface area (Å²) in [6, 6.07) is 7.05. The first-order valence-corrected chi connectivity index (χ1v) is 8.71. The summed E-state index contributed by atoms with van der Waals surface area (Å²) in [5.41, 5.74) is 1.08. The lowest BCUT2D eigenvalue weighted by atomic mass is 10.2. The first kappa shape index (κ1) is 16.2. The van der Waals surface area contributed by atoms with Crippen LogP contribution in [0.1, 0.15) is 38.2 Å². The zero-order valence-corrected chi connectivity index (χ0v) is 12.8. The summed E-state index contributed by atoms with van der Waals surface area (Å²) in [7, 11) is -3.14. The molecule has 0 unspecified atom stereocenters. The lowest BCUT2D eigenvalue weighted by molar-refractivity contribution is 0.583. The average molecular weight is 283 g/mol. The number of nitrogens with one attached hydrogen (secondary N) is 1. The van der Waals surface area contributed by atoms with Gasteiger partial charge in [0.05, 0.1) is 10.6 Å². The van der Waals surface area contributed by atoms with Gasteiger partial charge < -0.3 is 5.32 Å². The largest absolute Gasteiger partial charge is 0.316 e. The van der Waals surface area contributed by atoms with E-state index in [1.807, 2.05) is 19.1 Å². The van der Waals surface area contributed by atoms with Crippen LogP contribution in [0.15, 0.2) is 29.2 Å². The van der Waals surface area contributed by atoms with Gasteiger partial charge in [-0.05, 0) is 32.0 Å². The fourth-order valence-electron chi connectivity index (χ4n) is 1.87. The number of sulfone groups is 1. The Morgan fingerprint density at radius 3 is 2.32 bits per heavy atom. The Morgan fingerprint density at radius 2 is 1.68 bits per heavy atom. The van der Waals surface area contributed by atoms with Crippen molar-refractivity contribution in [2.45, 2.75) is 44.4 Å². The topological polar surface area (TPSA) is 46.2 Å². The van der Waals surface area contributed by atoms with Crippen LogP contribution >= 0.6 is 0 Å². The van der Waals surface area contributed by atoms with Crippen LogP contribution < -0.4 is 5.32 Å². The summed E-state index contributed by atoms with van der Waals surface area (Å²) >= 11 is 0. The van der Waals surface area contributed by atoms with Gasteiger partial charge in [-0.25, -0.2) is 8.42 Å². The fraction of sp³-hybridized carbons (Fsp3) is 0.600. The van der Waals surface area contributed by atoms with Crippen molar-refractivity contribution in [2.24, 2.45) is 0 Å². The van der Waals surface area contributed by atoms with E-state index in [0.717, 1.165) is 18.5 Å². The highest BCUT2D eigenvalue weighted by Gasteiger charge is 2.12. The van der Waals surface area contributed by atoms with E-state index >= 15 is 0 Å². The molecule has 108 valence electrons. The van der Waals surface area contributed by atoms with E-state index < -0.39 is 9.84 Å². The number of rotatable bonds is 9. The van der Waals surface area contributed by atoms with Crippen LogP contribution in [0.5, 0.6) is 0 Å². The van der Waals surface area contributed by atoms with E-state index in [-0.39, 0.29) is 5.75 Å². The normalized spacial score (nSPS) is 11.7. The van der Waals surface area contributed by atoms with Gasteiger partial charge in [0.25, 0.3) is 0 Å². The van der Waals surface area contributed by atoms with Crippen LogP contribution in [0.25, 0.3) is 0 Å². The van der Waals surface area contributed by atoms with Gasteiger partial charge in [-0.3, -0.25) is 0 Å². The second kappa shape index (κ2) is 8.33. The molecule has 1 aromatic rings. The van der Waals surface area contributed by atoms with E-state index in [1.165, 1.54) is 19.3 Å². The van der Waals surface area contributed by atoms with Gasteiger partial charge in [0.1, 0.15) is 0 Å². The first-order chi connectivity index (χ1) is 9.06. The van der Waals surface area contributed by atoms with Crippen molar-refractivity contribution in [2.75, 3.05) is 18.8 Å². The summed E-state index contributed by atoms with van der Waals surface area (Å²) in [4.78, 5) is 0.422. The molecule has 4 heteroatoms. The highest BCUT2D eigenvalue weighted by molar-refractivity contribution is 7.91. The molecule has 0 atom stereocenters. The molecule has 0 amide bonds. The standard InChI is InChI=1S/C15H25NO2S/c1-3-4-5-6-11-16-12-13-19(17,18)15-9-7-14(2)8-10-15/h7-10,16H,3-6,11-13H2,1-2H3. The summed E-state index contributed by atoms with van der Waals surface area (Å²) < 4.78 is 24.1. The minimum atomic E-state index is -3.14. The molecule has 3 nitrogen and oxygen atoms in total. The number of hydrogen-bond donors (Lipinski definition) is 1. The predicted octanol–water partition coefficient (Wildman–Crippen LogP) is 2.94. The minimum Gasteiger partial charge on any atom is -0.316 e. The van der Waals surface area contributed by atoms with Gasteiger partial charge in [0, 0.05) is 6.54 Å². The van der Waals surface area contributed by atoms with Crippen molar-refractivity contribution >= 4 is 9.84 Å². The Bertz CT molecular complexity index is 452. The van der Waals surface area contributed by atoms with Crippen molar-refractivity contribution in [3.63, 3.8) is 0 Å². The van der Waals surface area contributed by atoms with E-state index in [9.17, 15) is 8.42 Å². The Labute approximate surface area is 117 Å². The van der Waals surface area contributed by atoms with E-state index in [0.29, 0.717) is 11.4 Å². The molecule has 0 aromatic heterocycles. The average Bonchev–Trinajstić information content (AvgIpc) is 2.38. The monoisotopic (exact) mass is 283 g/mol. The third-order valence-electron chi connectivity index (χ3n) is 3.13. The summed E-state index contributed by atoms with van der Waals surface area (Å²) in [5, 5.41) is 3.20. The Kier molecular flexibility index (Phi) is 7.10. The van der Waals surface area contributed by atoms with Gasteiger partial charge in [-0.1, -0.05) is 43.9 Å². The second-order valence-corrected chi connectivity index (χ2v) is 7.05. The van der Waals surface area contributed by atoms with Gasteiger partial charge in [0.15, 0.2) is 9.84 Å². The number of hydrogen-bond acceptors (Lipinski definition) is 3. The summed E-state index contributed by atoms with van der Waals surface area (Å²) in [5.74, 6) is 0.170. The molecule has 0 bridgehead atoms. The molecule has 0 aliphatic carbocycles. The third-order valence-corrected chi connectivity index (χ3v) is 4.87. The molecule has 0 spiro atoms. The Hall–Kier alpha value is -0.870. The molecule has 1 aromatic carbocycles. The second-order valence-electron chi connectivity index (χ2n) is 4.94. The van der Waals surface area contributed by atoms with Crippen LogP contribution in [0, 0.1) is 6.92 Å². The number of benzene rings is 1. The first-order valence-electron chi connectivity index (χ1n) is 7.06. The molecule has 0 aliphatic heterocycles. The Balaban J connectivity index is 2.29. The fourth-order valence-corrected chi connectivity index (χ4v) is 3.07. The van der Waals surface area contributed by atoms with Crippen LogP contribution in [-0.2, 0) is 9.84 Å². The molecule has 0 heterocycles. The maximum atomic E-state index is 12.0. The predicted molar refractivity (Wildman–Crippen MR) is 80.2 cm³/mol. The maximum absolute atomic E-state index is 12.0. The maximum Gasteiger partial charge on any atom is 0.179 e. The quantitative estimate of drug-likeness (QED) is 0.709. The molecular weight excluding hydrogens is 258 g/mol. The Morgan fingerprint density at radius 1 is 1.00 bits per heavy atom. The van der Waals surface area contributed by atoms with Crippen molar-refractivity contribution < 1.29 is 8.42 Å². The van der Waals surface area contributed by atoms with Crippen LogP contribution in [0.2, 0.25) is 0 Å². The van der Waals surface area contributed by atoms with Crippen molar-refractivity contribution in [3.8, 4) is 0 Å². The van der Waals surface area contributed by atoms with Gasteiger partial charge in [-0.15, -0.1) is 0 Å². The lowest BCUT2D eigenvalue weighted by Crippen LogP contribution is -2.24. The van der Waals surface area contributed by atoms with Gasteiger partial charge in [0.2, 0.25) is 0 Å². The zero-order valence-electron chi connectivity index (χ0n) is 12.0. The van der Waals surface area contributed by atoms with Crippen LogP contribution in [0.4, 0.5) is 0 Å². The molecule has 1 N–H and O–H groups in total. The SMILES string of the molecule is CCCCCCNCCS(=O)(=O)c1ccc(C)cc1. The van der Waals surface area contributed by atoms with Crippen molar-refractivity contribution in [1.29, 1.82) is 0 Å². The summed E-state index contributed by atoms with van der Waals surface area (Å²) in [6.07, 6.45) is 4.82. The molecular formula is C15H25NO2S. The van der Waals surface area contributed by atoms with Crippen LogP contribution in [0.3, 0.4) is 0 Å². The van der Waals surface area contributed by atoms with Crippen molar-refractivity contribution in [1.82, 2.24) is 5.32 Å².